The second-order valence-corrected chi connectivity index (χ2v) is 5.06. The molecule has 1 aromatic heterocycles. The van der Waals surface area contributed by atoms with Crippen LogP contribution in [0.5, 0.6) is 0 Å². The number of para-hydroxylation sites is 1. The quantitative estimate of drug-likeness (QED) is 0.693. The maximum absolute atomic E-state index is 3.63. The van der Waals surface area contributed by atoms with Crippen LogP contribution in [0.1, 0.15) is 23.6 Å². The summed E-state index contributed by atoms with van der Waals surface area (Å²) in [6.07, 6.45) is 11.6. The lowest BCUT2D eigenvalue weighted by Gasteiger charge is -2.29. The molecule has 17 heavy (non-hydrogen) atoms. The number of hydrogen-bond acceptors (Lipinski definition) is 0. The Kier molecular flexibility index (Phi) is 1.84. The minimum Gasteiger partial charge on any atom is -0.358 e. The lowest BCUT2D eigenvalue weighted by molar-refractivity contribution is 0.494. The zero-order valence-corrected chi connectivity index (χ0v) is 9.69. The Morgan fingerprint density at radius 3 is 2.94 bits per heavy atom. The van der Waals surface area contributed by atoms with Gasteiger partial charge < -0.3 is 4.98 Å². The fraction of sp³-hybridized carbons (Fsp3) is 0.250. The minimum absolute atomic E-state index is 0.566. The van der Waals surface area contributed by atoms with Crippen molar-refractivity contribution in [2.45, 2.75) is 18.8 Å². The van der Waals surface area contributed by atoms with Gasteiger partial charge in [0.05, 0.1) is 0 Å². The predicted molar refractivity (Wildman–Crippen MR) is 71.1 cm³/mol. The first kappa shape index (κ1) is 9.29. The topological polar surface area (TPSA) is 15.8 Å². The van der Waals surface area contributed by atoms with Gasteiger partial charge in [-0.05, 0) is 30.4 Å². The summed E-state index contributed by atoms with van der Waals surface area (Å²) in [4.78, 5) is 3.63. The van der Waals surface area contributed by atoms with Crippen molar-refractivity contribution in [1.82, 2.24) is 4.98 Å². The lowest BCUT2D eigenvalue weighted by atomic mass is 9.76. The van der Waals surface area contributed by atoms with Gasteiger partial charge in [0, 0.05) is 22.5 Å². The first-order valence-electron chi connectivity index (χ1n) is 6.38. The molecule has 0 spiro atoms. The Morgan fingerprint density at radius 2 is 1.94 bits per heavy atom. The van der Waals surface area contributed by atoms with Crippen LogP contribution in [-0.4, -0.2) is 4.98 Å². The molecular weight excluding hydrogens is 206 g/mol. The van der Waals surface area contributed by atoms with Gasteiger partial charge >= 0.3 is 0 Å². The van der Waals surface area contributed by atoms with E-state index in [-0.39, 0.29) is 0 Å². The van der Waals surface area contributed by atoms with E-state index in [2.05, 4.69) is 53.6 Å². The van der Waals surface area contributed by atoms with Crippen molar-refractivity contribution < 1.29 is 0 Å². The summed E-state index contributed by atoms with van der Waals surface area (Å²) in [5.41, 5.74) is 4.28. The van der Waals surface area contributed by atoms with Crippen LogP contribution in [0.15, 0.2) is 48.6 Å². The van der Waals surface area contributed by atoms with Crippen molar-refractivity contribution in [2.24, 2.45) is 5.92 Å². The molecule has 2 aliphatic rings. The van der Waals surface area contributed by atoms with Crippen LogP contribution in [0, 0.1) is 5.92 Å². The normalized spacial score (nSPS) is 25.9. The van der Waals surface area contributed by atoms with Crippen LogP contribution in [0.4, 0.5) is 0 Å². The van der Waals surface area contributed by atoms with Crippen LogP contribution in [0.25, 0.3) is 10.9 Å². The third-order valence-electron chi connectivity index (χ3n) is 4.16. The molecule has 0 amide bonds. The van der Waals surface area contributed by atoms with E-state index in [1.807, 2.05) is 0 Å². The lowest BCUT2D eigenvalue weighted by Crippen LogP contribution is -2.18. The standard InChI is InChI=1S/C16H15N/c1-2-6-12-11(5-1)9-10-14-13-7-3-4-8-15(13)17-16(12)14/h1-8,11-12,17H,9-10H2. The third-order valence-corrected chi connectivity index (χ3v) is 4.16. The average molecular weight is 221 g/mol. The minimum atomic E-state index is 0.566. The zero-order chi connectivity index (χ0) is 11.2. The molecular formula is C16H15N. The smallest absolute Gasteiger partial charge is 0.0459 e. The maximum Gasteiger partial charge on any atom is 0.0459 e. The summed E-state index contributed by atoms with van der Waals surface area (Å²) in [6, 6.07) is 8.68. The van der Waals surface area contributed by atoms with Gasteiger partial charge in [0.2, 0.25) is 0 Å². The molecule has 0 fully saturated rings. The Hall–Kier alpha value is -1.76. The van der Waals surface area contributed by atoms with E-state index in [0.717, 1.165) is 0 Å². The summed E-state index contributed by atoms with van der Waals surface area (Å²) >= 11 is 0. The highest BCUT2D eigenvalue weighted by Gasteiger charge is 2.29. The molecule has 2 unspecified atom stereocenters. The van der Waals surface area contributed by atoms with Crippen molar-refractivity contribution in [1.29, 1.82) is 0 Å². The van der Waals surface area contributed by atoms with Gasteiger partial charge in [-0.25, -0.2) is 0 Å². The Labute approximate surface area is 101 Å². The van der Waals surface area contributed by atoms with E-state index in [1.165, 1.54) is 29.4 Å². The van der Waals surface area contributed by atoms with E-state index >= 15 is 0 Å². The summed E-state index contributed by atoms with van der Waals surface area (Å²) in [7, 11) is 0. The van der Waals surface area contributed by atoms with Crippen molar-refractivity contribution in [3.8, 4) is 0 Å². The monoisotopic (exact) mass is 221 g/mol. The average Bonchev–Trinajstić information content (AvgIpc) is 2.78. The SMILES string of the molecule is C1=CC2CCc3c([nH]c4ccccc34)C2C=C1. The molecule has 2 aromatic rings. The van der Waals surface area contributed by atoms with Gasteiger partial charge in [-0.15, -0.1) is 0 Å². The molecule has 0 saturated heterocycles. The molecule has 84 valence electrons. The molecule has 1 N–H and O–H groups in total. The van der Waals surface area contributed by atoms with E-state index in [4.69, 9.17) is 0 Å². The highest BCUT2D eigenvalue weighted by atomic mass is 14.7. The van der Waals surface area contributed by atoms with Crippen molar-refractivity contribution in [3.63, 3.8) is 0 Å². The Bertz CT molecular complexity index is 630. The van der Waals surface area contributed by atoms with E-state index in [9.17, 15) is 0 Å². The number of aryl methyl sites for hydroxylation is 1. The molecule has 4 rings (SSSR count). The number of aromatic amines is 1. The van der Waals surface area contributed by atoms with Gasteiger partial charge in [0.1, 0.15) is 0 Å². The van der Waals surface area contributed by atoms with Crippen LogP contribution in [-0.2, 0) is 6.42 Å². The largest absolute Gasteiger partial charge is 0.358 e. The number of H-pyrrole nitrogens is 1. The number of hydrogen-bond donors (Lipinski definition) is 1. The van der Waals surface area contributed by atoms with Crippen LogP contribution in [0.2, 0.25) is 0 Å². The van der Waals surface area contributed by atoms with E-state index in [1.54, 1.807) is 5.56 Å². The van der Waals surface area contributed by atoms with Crippen LogP contribution >= 0.6 is 0 Å². The Balaban J connectivity index is 1.96. The molecule has 2 aliphatic carbocycles. The number of allylic oxidation sites excluding steroid dienone is 4. The third kappa shape index (κ3) is 1.25. The molecule has 1 heteroatoms. The number of aromatic nitrogens is 1. The van der Waals surface area contributed by atoms with Gasteiger partial charge in [-0.3, -0.25) is 0 Å². The van der Waals surface area contributed by atoms with Crippen LogP contribution < -0.4 is 0 Å². The fourth-order valence-corrected chi connectivity index (χ4v) is 3.32. The molecule has 1 aromatic carbocycles. The zero-order valence-electron chi connectivity index (χ0n) is 9.69. The van der Waals surface area contributed by atoms with Crippen molar-refractivity contribution in [3.05, 3.63) is 59.8 Å². The number of fused-ring (bicyclic) bond motifs is 5. The summed E-state index contributed by atoms with van der Waals surface area (Å²) < 4.78 is 0. The fourth-order valence-electron chi connectivity index (χ4n) is 3.32. The van der Waals surface area contributed by atoms with Crippen molar-refractivity contribution in [2.75, 3.05) is 0 Å². The predicted octanol–water partition coefficient (Wildman–Crippen LogP) is 3.94. The van der Waals surface area contributed by atoms with Gasteiger partial charge in [0.25, 0.3) is 0 Å². The highest BCUT2D eigenvalue weighted by molar-refractivity contribution is 5.85. The van der Waals surface area contributed by atoms with Crippen molar-refractivity contribution >= 4 is 10.9 Å². The van der Waals surface area contributed by atoms with E-state index in [0.29, 0.717) is 11.8 Å². The molecule has 0 radical (unpaired) electrons. The van der Waals surface area contributed by atoms with Gasteiger partial charge in [-0.2, -0.15) is 0 Å². The summed E-state index contributed by atoms with van der Waals surface area (Å²) in [5.74, 6) is 1.26. The number of rotatable bonds is 0. The molecule has 0 aliphatic heterocycles. The number of nitrogens with one attached hydrogen (secondary N) is 1. The molecule has 2 atom stereocenters. The number of benzene rings is 1. The second-order valence-electron chi connectivity index (χ2n) is 5.06. The summed E-state index contributed by atoms with van der Waals surface area (Å²) in [6.45, 7) is 0. The first-order valence-corrected chi connectivity index (χ1v) is 6.38. The molecule has 0 saturated carbocycles. The maximum atomic E-state index is 3.63. The second kappa shape index (κ2) is 3.36. The molecule has 1 nitrogen and oxygen atoms in total. The molecule has 1 heterocycles. The van der Waals surface area contributed by atoms with Gasteiger partial charge in [0.15, 0.2) is 0 Å². The van der Waals surface area contributed by atoms with E-state index < -0.39 is 0 Å². The highest BCUT2D eigenvalue weighted by Crippen LogP contribution is 2.41. The van der Waals surface area contributed by atoms with Gasteiger partial charge in [-0.1, -0.05) is 42.5 Å². The van der Waals surface area contributed by atoms with Crippen LogP contribution in [0.3, 0.4) is 0 Å². The molecule has 0 bridgehead atoms. The summed E-state index contributed by atoms with van der Waals surface area (Å²) in [5, 5.41) is 1.42. The Morgan fingerprint density at radius 1 is 1.06 bits per heavy atom. The first-order chi connectivity index (χ1) is 8.43.